The van der Waals surface area contributed by atoms with Gasteiger partial charge in [-0.15, -0.1) is 0 Å². The van der Waals surface area contributed by atoms with Gasteiger partial charge in [-0.1, -0.05) is 13.3 Å². The third-order valence-electron chi connectivity index (χ3n) is 2.57. The fourth-order valence-electron chi connectivity index (χ4n) is 1.51. The molecule has 0 aliphatic carbocycles. The summed E-state index contributed by atoms with van der Waals surface area (Å²) in [6.45, 7) is 0.532. The molecule has 8 heteroatoms. The summed E-state index contributed by atoms with van der Waals surface area (Å²) in [5.74, 6) is -5.81. The predicted octanol–water partition coefficient (Wildman–Crippen LogP) is -3.00. The highest BCUT2D eigenvalue weighted by molar-refractivity contribution is 5.76. The average Bonchev–Trinajstić information content (AvgIpc) is 2.26. The molecule has 0 radical (unpaired) electrons. The Morgan fingerprint density at radius 3 is 2.00 bits per heavy atom. The summed E-state index contributed by atoms with van der Waals surface area (Å²) < 4.78 is 0. The molecule has 102 valence electrons. The van der Waals surface area contributed by atoms with Crippen LogP contribution < -0.4 is 0 Å². The van der Waals surface area contributed by atoms with Gasteiger partial charge < -0.3 is 35.7 Å². The highest BCUT2D eigenvalue weighted by atomic mass is 16.6. The van der Waals surface area contributed by atoms with Crippen LogP contribution in [0.25, 0.3) is 0 Å². The topological polar surface area (TPSA) is 159 Å². The van der Waals surface area contributed by atoms with Crippen LogP contribution in [0.1, 0.15) is 19.8 Å². The summed E-state index contributed by atoms with van der Waals surface area (Å²) in [6, 6.07) is 0. The smallest absolute Gasteiger partial charge is 0.367 e. The molecule has 7 N–H and O–H groups in total. The van der Waals surface area contributed by atoms with Gasteiger partial charge in [-0.25, -0.2) is 4.79 Å². The van der Waals surface area contributed by atoms with E-state index in [1.807, 2.05) is 0 Å². The van der Waals surface area contributed by atoms with Crippen molar-refractivity contribution >= 4 is 5.97 Å². The first kappa shape index (κ1) is 16.2. The number of aliphatic carboxylic acids is 1. The van der Waals surface area contributed by atoms with Crippen LogP contribution in [-0.4, -0.2) is 71.9 Å². The molecular weight excluding hydrogens is 236 g/mol. The second-order valence-corrected chi connectivity index (χ2v) is 3.85. The minimum atomic E-state index is -3.64. The third kappa shape index (κ3) is 2.92. The summed E-state index contributed by atoms with van der Waals surface area (Å²) in [7, 11) is 0. The molecule has 0 saturated heterocycles. The predicted molar refractivity (Wildman–Crippen MR) is 53.8 cm³/mol. The van der Waals surface area contributed by atoms with Gasteiger partial charge in [0.25, 0.3) is 5.79 Å². The van der Waals surface area contributed by atoms with Crippen molar-refractivity contribution in [1.82, 2.24) is 0 Å². The van der Waals surface area contributed by atoms with E-state index in [-0.39, 0.29) is 6.42 Å². The Morgan fingerprint density at radius 2 is 1.71 bits per heavy atom. The first-order valence-electron chi connectivity index (χ1n) is 5.02. The number of rotatable bonds is 7. The van der Waals surface area contributed by atoms with E-state index in [1.54, 1.807) is 0 Å². The molecule has 17 heavy (non-hydrogen) atoms. The Balaban J connectivity index is 5.36. The molecule has 0 amide bonds. The second-order valence-electron chi connectivity index (χ2n) is 3.85. The van der Waals surface area contributed by atoms with Gasteiger partial charge in [-0.3, -0.25) is 0 Å². The SMILES string of the molecule is CCC[C@](O)([C@H](O)[C@H](O)CO)C(O)(O)C(=O)O. The van der Waals surface area contributed by atoms with Crippen molar-refractivity contribution in [2.75, 3.05) is 6.61 Å². The van der Waals surface area contributed by atoms with E-state index in [2.05, 4.69) is 0 Å². The lowest BCUT2D eigenvalue weighted by Gasteiger charge is -2.41. The van der Waals surface area contributed by atoms with Crippen LogP contribution in [0.15, 0.2) is 0 Å². The maximum absolute atomic E-state index is 10.6. The molecule has 0 heterocycles. The molecule has 0 bridgehead atoms. The van der Waals surface area contributed by atoms with Crippen molar-refractivity contribution in [3.63, 3.8) is 0 Å². The zero-order valence-corrected chi connectivity index (χ0v) is 9.31. The molecule has 0 saturated carbocycles. The molecule has 0 aromatic heterocycles. The lowest BCUT2D eigenvalue weighted by atomic mass is 9.80. The number of carboxylic acids is 1. The molecule has 0 spiro atoms. The number of aliphatic hydroxyl groups excluding tert-OH is 3. The van der Waals surface area contributed by atoms with Crippen molar-refractivity contribution in [2.24, 2.45) is 0 Å². The van der Waals surface area contributed by atoms with Crippen LogP contribution in [-0.2, 0) is 4.79 Å². The van der Waals surface area contributed by atoms with Crippen LogP contribution in [0.3, 0.4) is 0 Å². The fraction of sp³-hybridized carbons (Fsp3) is 0.889. The van der Waals surface area contributed by atoms with Crippen LogP contribution in [0.5, 0.6) is 0 Å². The van der Waals surface area contributed by atoms with Crippen LogP contribution in [0.4, 0.5) is 0 Å². The molecule has 0 aliphatic rings. The lowest BCUT2D eigenvalue weighted by Crippen LogP contribution is -2.68. The van der Waals surface area contributed by atoms with Crippen LogP contribution in [0.2, 0.25) is 0 Å². The number of carboxylic acid groups (broad SMARTS) is 1. The summed E-state index contributed by atoms with van der Waals surface area (Å²) in [6.07, 6.45) is -4.50. The Labute approximate surface area is 97.4 Å². The Bertz CT molecular complexity index is 266. The molecule has 0 aromatic carbocycles. The van der Waals surface area contributed by atoms with Gasteiger partial charge in [0.2, 0.25) is 0 Å². The van der Waals surface area contributed by atoms with Gasteiger partial charge in [0.15, 0.2) is 5.60 Å². The summed E-state index contributed by atoms with van der Waals surface area (Å²) >= 11 is 0. The first-order chi connectivity index (χ1) is 7.65. The second kappa shape index (κ2) is 5.71. The minimum absolute atomic E-state index is 0.113. The molecule has 0 fully saturated rings. The molecule has 8 nitrogen and oxygen atoms in total. The zero-order valence-electron chi connectivity index (χ0n) is 9.31. The van der Waals surface area contributed by atoms with Crippen molar-refractivity contribution in [2.45, 2.75) is 43.4 Å². The van der Waals surface area contributed by atoms with E-state index in [0.29, 0.717) is 0 Å². The monoisotopic (exact) mass is 254 g/mol. The highest BCUT2D eigenvalue weighted by Crippen LogP contribution is 2.31. The van der Waals surface area contributed by atoms with E-state index in [1.165, 1.54) is 6.92 Å². The molecule has 0 aromatic rings. The number of hydrogen-bond acceptors (Lipinski definition) is 7. The van der Waals surface area contributed by atoms with E-state index < -0.39 is 42.6 Å². The average molecular weight is 254 g/mol. The Hall–Kier alpha value is -0.770. The van der Waals surface area contributed by atoms with Gasteiger partial charge in [0.1, 0.15) is 12.2 Å². The van der Waals surface area contributed by atoms with Gasteiger partial charge in [0, 0.05) is 0 Å². The van der Waals surface area contributed by atoms with E-state index in [9.17, 15) is 25.2 Å². The van der Waals surface area contributed by atoms with Crippen molar-refractivity contribution in [1.29, 1.82) is 0 Å². The normalized spacial score (nSPS) is 19.5. The molecule has 0 aliphatic heterocycles. The molecule has 3 atom stereocenters. The largest absolute Gasteiger partial charge is 0.477 e. The van der Waals surface area contributed by atoms with E-state index >= 15 is 0 Å². The third-order valence-corrected chi connectivity index (χ3v) is 2.57. The molecule has 0 unspecified atom stereocenters. The quantitative estimate of drug-likeness (QED) is 0.237. The first-order valence-corrected chi connectivity index (χ1v) is 5.02. The minimum Gasteiger partial charge on any atom is -0.477 e. The van der Waals surface area contributed by atoms with Crippen molar-refractivity contribution in [3.8, 4) is 0 Å². The fourth-order valence-corrected chi connectivity index (χ4v) is 1.51. The van der Waals surface area contributed by atoms with Gasteiger partial charge in [-0.05, 0) is 6.42 Å². The maximum Gasteiger partial charge on any atom is 0.367 e. The number of hydrogen-bond donors (Lipinski definition) is 7. The molecule has 0 rings (SSSR count). The van der Waals surface area contributed by atoms with Crippen LogP contribution >= 0.6 is 0 Å². The summed E-state index contributed by atoms with van der Waals surface area (Å²) in [5.41, 5.74) is -2.89. The maximum atomic E-state index is 10.6. The summed E-state index contributed by atoms with van der Waals surface area (Å²) in [5, 5.41) is 64.4. The van der Waals surface area contributed by atoms with Gasteiger partial charge >= 0.3 is 5.97 Å². The lowest BCUT2D eigenvalue weighted by molar-refractivity contribution is -0.306. The van der Waals surface area contributed by atoms with Gasteiger partial charge in [0.05, 0.1) is 6.61 Å². The Kier molecular flexibility index (Phi) is 5.46. The van der Waals surface area contributed by atoms with Crippen molar-refractivity contribution in [3.05, 3.63) is 0 Å². The van der Waals surface area contributed by atoms with Crippen LogP contribution in [0, 0.1) is 0 Å². The van der Waals surface area contributed by atoms with Gasteiger partial charge in [-0.2, -0.15) is 0 Å². The Morgan fingerprint density at radius 1 is 1.24 bits per heavy atom. The van der Waals surface area contributed by atoms with Crippen molar-refractivity contribution < 1.29 is 40.5 Å². The standard InChI is InChI=1S/C9H18O8/c1-2-3-8(15,6(12)5(11)4-10)9(16,17)7(13)14/h5-6,10-12,15-17H,2-4H2,1H3,(H,13,14)/t5-,6-,8+/m1/s1. The number of aliphatic hydroxyl groups is 6. The molecular formula is C9H18O8. The van der Waals surface area contributed by atoms with E-state index in [4.69, 9.17) is 15.3 Å². The summed E-state index contributed by atoms with van der Waals surface area (Å²) in [4.78, 5) is 10.6. The van der Waals surface area contributed by atoms with E-state index in [0.717, 1.165) is 0 Å². The highest BCUT2D eigenvalue weighted by Gasteiger charge is 2.59. The number of carbonyl (C=O) groups is 1. The zero-order chi connectivity index (χ0) is 13.9.